The molecule has 1 amide bonds. The van der Waals surface area contributed by atoms with Crippen LogP contribution in [0, 0.1) is 26.7 Å². The summed E-state index contributed by atoms with van der Waals surface area (Å²) in [5, 5.41) is 3.17. The van der Waals surface area contributed by atoms with Gasteiger partial charge in [-0.2, -0.15) is 0 Å². The molecule has 4 aliphatic rings. The molecule has 4 saturated carbocycles. The summed E-state index contributed by atoms with van der Waals surface area (Å²) < 4.78 is 1.03. The maximum Gasteiger partial charge on any atom is 0.252 e. The lowest BCUT2D eigenvalue weighted by atomic mass is 9.49. The number of carbonyl (C=O) groups is 1. The van der Waals surface area contributed by atoms with Crippen LogP contribution in [0.4, 0.5) is 0 Å². The summed E-state index contributed by atoms with van der Waals surface area (Å²) in [4.78, 5) is 12.3. The maximum atomic E-state index is 12.3. The minimum Gasteiger partial charge on any atom is -0.352 e. The minimum atomic E-state index is 0.0923. The predicted molar refractivity (Wildman–Crippen MR) is 96.7 cm³/mol. The standard InChI is InChI=1S/C19H24INO/c20-17-4-2-1-3-16(17)18(22)21-6-5-19-10-13-7-14(11-19)9-15(8-13)12-19/h1-4,13-15H,5-12H2,(H,21,22). The summed E-state index contributed by atoms with van der Waals surface area (Å²) in [7, 11) is 0. The molecule has 0 aliphatic heterocycles. The first kappa shape index (κ1) is 15.0. The molecule has 3 heteroatoms. The number of hydrogen-bond donors (Lipinski definition) is 1. The third kappa shape index (κ3) is 2.81. The summed E-state index contributed by atoms with van der Waals surface area (Å²) in [5.74, 6) is 3.08. The first-order valence-corrected chi connectivity index (χ1v) is 9.74. The van der Waals surface area contributed by atoms with Crippen molar-refractivity contribution in [3.8, 4) is 0 Å². The van der Waals surface area contributed by atoms with Crippen LogP contribution >= 0.6 is 22.6 Å². The van der Waals surface area contributed by atoms with Crippen LogP contribution in [0.1, 0.15) is 55.3 Å². The molecule has 1 aromatic carbocycles. The molecule has 0 saturated heterocycles. The molecule has 22 heavy (non-hydrogen) atoms. The van der Waals surface area contributed by atoms with E-state index >= 15 is 0 Å². The smallest absolute Gasteiger partial charge is 0.252 e. The van der Waals surface area contributed by atoms with Crippen molar-refractivity contribution < 1.29 is 4.79 Å². The Kier molecular flexibility index (Phi) is 3.95. The minimum absolute atomic E-state index is 0.0923. The van der Waals surface area contributed by atoms with Crippen molar-refractivity contribution in [3.05, 3.63) is 33.4 Å². The first-order chi connectivity index (χ1) is 10.6. The van der Waals surface area contributed by atoms with Crippen molar-refractivity contribution in [1.29, 1.82) is 0 Å². The quantitative estimate of drug-likeness (QED) is 0.723. The number of benzene rings is 1. The van der Waals surface area contributed by atoms with Crippen molar-refractivity contribution in [2.24, 2.45) is 23.2 Å². The molecule has 0 heterocycles. The van der Waals surface area contributed by atoms with Crippen molar-refractivity contribution in [2.75, 3.05) is 6.54 Å². The number of nitrogens with one attached hydrogen (secondary N) is 1. The fourth-order valence-corrected chi connectivity index (χ4v) is 6.41. The van der Waals surface area contributed by atoms with Gasteiger partial charge in [-0.3, -0.25) is 4.79 Å². The molecule has 1 aromatic rings. The van der Waals surface area contributed by atoms with Crippen LogP contribution in [0.5, 0.6) is 0 Å². The van der Waals surface area contributed by atoms with E-state index in [1.54, 1.807) is 0 Å². The van der Waals surface area contributed by atoms with Gasteiger partial charge in [0.15, 0.2) is 0 Å². The molecular weight excluding hydrogens is 385 g/mol. The van der Waals surface area contributed by atoms with Gasteiger partial charge in [-0.25, -0.2) is 0 Å². The molecule has 2 nitrogen and oxygen atoms in total. The number of carbonyl (C=O) groups excluding carboxylic acids is 1. The van der Waals surface area contributed by atoms with Gasteiger partial charge >= 0.3 is 0 Å². The van der Waals surface area contributed by atoms with Gasteiger partial charge in [-0.1, -0.05) is 12.1 Å². The molecule has 118 valence electrons. The molecule has 4 fully saturated rings. The third-order valence-corrected chi connectivity index (χ3v) is 7.17. The molecule has 4 aliphatic carbocycles. The fraction of sp³-hybridized carbons (Fsp3) is 0.632. The van der Waals surface area contributed by atoms with Crippen molar-refractivity contribution >= 4 is 28.5 Å². The number of amides is 1. The molecule has 5 rings (SSSR count). The second-order valence-corrected chi connectivity index (χ2v) is 9.07. The SMILES string of the molecule is O=C(NCCC12CC3CC(CC(C3)C1)C2)c1ccccc1I. The maximum absolute atomic E-state index is 12.3. The predicted octanol–water partition coefficient (Wildman–Crippen LogP) is 4.63. The molecule has 0 unspecified atom stereocenters. The Labute approximate surface area is 146 Å². The van der Waals surface area contributed by atoms with E-state index in [1.165, 1.54) is 44.9 Å². The lowest BCUT2D eigenvalue weighted by Gasteiger charge is -2.57. The summed E-state index contributed by atoms with van der Waals surface area (Å²) in [6, 6.07) is 7.83. The van der Waals surface area contributed by atoms with Crippen molar-refractivity contribution in [2.45, 2.75) is 44.9 Å². The Bertz CT molecular complexity index is 547. The van der Waals surface area contributed by atoms with Gasteiger partial charge in [0.2, 0.25) is 0 Å². The highest BCUT2D eigenvalue weighted by molar-refractivity contribution is 14.1. The second kappa shape index (κ2) is 5.81. The molecule has 0 atom stereocenters. The Balaban J connectivity index is 1.36. The topological polar surface area (TPSA) is 29.1 Å². The third-order valence-electron chi connectivity index (χ3n) is 6.22. The van der Waals surface area contributed by atoms with E-state index in [4.69, 9.17) is 0 Å². The van der Waals surface area contributed by atoms with E-state index in [9.17, 15) is 4.79 Å². The average Bonchev–Trinajstić information content (AvgIpc) is 2.46. The van der Waals surface area contributed by atoms with Gasteiger partial charge in [0.25, 0.3) is 5.91 Å². The lowest BCUT2D eigenvalue weighted by Crippen LogP contribution is -2.47. The molecule has 0 spiro atoms. The highest BCUT2D eigenvalue weighted by atomic mass is 127. The zero-order valence-corrected chi connectivity index (χ0v) is 15.1. The lowest BCUT2D eigenvalue weighted by molar-refractivity contribution is -0.0564. The van der Waals surface area contributed by atoms with Gasteiger partial charge in [0.05, 0.1) is 5.56 Å². The molecular formula is C19H24INO. The van der Waals surface area contributed by atoms with Crippen molar-refractivity contribution in [1.82, 2.24) is 5.32 Å². The van der Waals surface area contributed by atoms with E-state index in [0.29, 0.717) is 5.41 Å². The number of rotatable bonds is 4. The van der Waals surface area contributed by atoms with Crippen LogP contribution < -0.4 is 5.32 Å². The summed E-state index contributed by atoms with van der Waals surface area (Å²) in [5.41, 5.74) is 1.37. The number of halogens is 1. The van der Waals surface area contributed by atoms with E-state index in [2.05, 4.69) is 27.9 Å². The van der Waals surface area contributed by atoms with Gasteiger partial charge < -0.3 is 5.32 Å². The van der Waals surface area contributed by atoms with Crippen LogP contribution in [0.25, 0.3) is 0 Å². The Morgan fingerprint density at radius 3 is 2.27 bits per heavy atom. The summed E-state index contributed by atoms with van der Waals surface area (Å²) in [6.45, 7) is 0.843. The Morgan fingerprint density at radius 2 is 1.68 bits per heavy atom. The van der Waals surface area contributed by atoms with Gasteiger partial charge in [0.1, 0.15) is 0 Å². The number of hydrogen-bond acceptors (Lipinski definition) is 1. The second-order valence-electron chi connectivity index (χ2n) is 7.90. The van der Waals surface area contributed by atoms with E-state index in [1.807, 2.05) is 24.3 Å². The monoisotopic (exact) mass is 409 g/mol. The van der Waals surface area contributed by atoms with Crippen LogP contribution in [0.3, 0.4) is 0 Å². The van der Waals surface area contributed by atoms with Crippen LogP contribution in [0.2, 0.25) is 0 Å². The Hall–Kier alpha value is -0.580. The highest BCUT2D eigenvalue weighted by Gasteiger charge is 2.50. The van der Waals surface area contributed by atoms with E-state index < -0.39 is 0 Å². The molecule has 1 N–H and O–H groups in total. The average molecular weight is 409 g/mol. The van der Waals surface area contributed by atoms with Gasteiger partial charge in [-0.05, 0) is 103 Å². The first-order valence-electron chi connectivity index (χ1n) is 8.66. The highest BCUT2D eigenvalue weighted by Crippen LogP contribution is 2.61. The normalized spacial score (nSPS) is 35.6. The molecule has 0 radical (unpaired) electrons. The van der Waals surface area contributed by atoms with Crippen LogP contribution in [-0.4, -0.2) is 12.5 Å². The van der Waals surface area contributed by atoms with E-state index in [0.717, 1.165) is 33.4 Å². The molecule has 0 aromatic heterocycles. The van der Waals surface area contributed by atoms with Crippen LogP contribution in [-0.2, 0) is 0 Å². The Morgan fingerprint density at radius 1 is 1.09 bits per heavy atom. The fourth-order valence-electron chi connectivity index (χ4n) is 5.78. The zero-order valence-electron chi connectivity index (χ0n) is 13.0. The van der Waals surface area contributed by atoms with E-state index in [-0.39, 0.29) is 5.91 Å². The van der Waals surface area contributed by atoms with Gasteiger partial charge in [-0.15, -0.1) is 0 Å². The van der Waals surface area contributed by atoms with Gasteiger partial charge in [0, 0.05) is 10.1 Å². The zero-order chi connectivity index (χ0) is 15.2. The summed E-state index contributed by atoms with van der Waals surface area (Å²) in [6.07, 6.45) is 9.95. The largest absolute Gasteiger partial charge is 0.352 e. The van der Waals surface area contributed by atoms with Crippen LogP contribution in [0.15, 0.2) is 24.3 Å². The van der Waals surface area contributed by atoms with Crippen molar-refractivity contribution in [3.63, 3.8) is 0 Å². The summed E-state index contributed by atoms with van der Waals surface area (Å²) >= 11 is 2.24. The molecule has 4 bridgehead atoms.